The van der Waals surface area contributed by atoms with Gasteiger partial charge in [-0.1, -0.05) is 6.07 Å². The van der Waals surface area contributed by atoms with Gasteiger partial charge in [-0.25, -0.2) is 14.8 Å². The van der Waals surface area contributed by atoms with Gasteiger partial charge in [-0.2, -0.15) is 0 Å². The Bertz CT molecular complexity index is 485. The molecule has 2 aromatic heterocycles. The SMILES string of the molecule is O=C(O)c1cccc(NCc2nccs2)n1. The minimum atomic E-state index is -1.03. The van der Waals surface area contributed by atoms with Gasteiger partial charge in [-0.3, -0.25) is 0 Å². The molecular formula is C10H9N3O2S. The molecule has 0 atom stereocenters. The molecular weight excluding hydrogens is 226 g/mol. The van der Waals surface area contributed by atoms with Crippen LogP contribution < -0.4 is 5.32 Å². The number of aromatic nitrogens is 2. The molecule has 2 aromatic rings. The molecule has 0 aliphatic carbocycles. The van der Waals surface area contributed by atoms with Crippen molar-refractivity contribution in [2.45, 2.75) is 6.54 Å². The fraction of sp³-hybridized carbons (Fsp3) is 0.100. The Morgan fingerprint density at radius 2 is 2.38 bits per heavy atom. The first-order valence-corrected chi connectivity index (χ1v) is 5.46. The van der Waals surface area contributed by atoms with Gasteiger partial charge < -0.3 is 10.4 Å². The Labute approximate surface area is 95.8 Å². The predicted octanol–water partition coefficient (Wildman–Crippen LogP) is 1.85. The number of anilines is 1. The highest BCUT2D eigenvalue weighted by molar-refractivity contribution is 7.09. The van der Waals surface area contributed by atoms with Crippen molar-refractivity contribution in [3.05, 3.63) is 40.5 Å². The summed E-state index contributed by atoms with van der Waals surface area (Å²) in [6.07, 6.45) is 1.72. The average molecular weight is 235 g/mol. The third-order valence-corrected chi connectivity index (χ3v) is 2.65. The molecule has 0 amide bonds. The maximum Gasteiger partial charge on any atom is 0.354 e. The van der Waals surface area contributed by atoms with Crippen LogP contribution in [0.4, 0.5) is 5.82 Å². The smallest absolute Gasteiger partial charge is 0.354 e. The zero-order chi connectivity index (χ0) is 11.4. The number of hydrogen-bond acceptors (Lipinski definition) is 5. The van der Waals surface area contributed by atoms with Gasteiger partial charge in [-0.05, 0) is 12.1 Å². The average Bonchev–Trinajstić information content (AvgIpc) is 2.79. The number of nitrogens with one attached hydrogen (secondary N) is 1. The van der Waals surface area contributed by atoms with Crippen LogP contribution in [0.1, 0.15) is 15.5 Å². The summed E-state index contributed by atoms with van der Waals surface area (Å²) in [5.41, 5.74) is 0.0316. The maximum atomic E-state index is 10.7. The molecule has 6 heteroatoms. The fourth-order valence-corrected chi connectivity index (χ4v) is 1.71. The highest BCUT2D eigenvalue weighted by atomic mass is 32.1. The van der Waals surface area contributed by atoms with E-state index in [2.05, 4.69) is 15.3 Å². The lowest BCUT2D eigenvalue weighted by Crippen LogP contribution is -2.05. The number of aromatic carboxylic acids is 1. The molecule has 0 aliphatic heterocycles. The molecule has 0 radical (unpaired) electrons. The second-order valence-electron chi connectivity index (χ2n) is 2.99. The summed E-state index contributed by atoms with van der Waals surface area (Å²) >= 11 is 1.53. The summed E-state index contributed by atoms with van der Waals surface area (Å²) in [6.45, 7) is 0.549. The van der Waals surface area contributed by atoms with Gasteiger partial charge in [0.05, 0.1) is 6.54 Å². The van der Waals surface area contributed by atoms with E-state index in [0.29, 0.717) is 12.4 Å². The van der Waals surface area contributed by atoms with E-state index in [1.54, 1.807) is 18.3 Å². The van der Waals surface area contributed by atoms with E-state index >= 15 is 0 Å². The molecule has 2 rings (SSSR count). The standard InChI is InChI=1S/C10H9N3O2S/c14-10(15)7-2-1-3-8(13-7)12-6-9-11-4-5-16-9/h1-5H,6H2,(H,12,13)(H,14,15). The number of rotatable bonds is 4. The number of carboxylic acid groups (broad SMARTS) is 1. The molecule has 0 bridgehead atoms. The van der Waals surface area contributed by atoms with E-state index in [1.165, 1.54) is 17.4 Å². The number of nitrogens with zero attached hydrogens (tertiary/aromatic N) is 2. The third kappa shape index (κ3) is 2.54. The van der Waals surface area contributed by atoms with E-state index in [0.717, 1.165) is 5.01 Å². The second kappa shape index (κ2) is 4.71. The summed E-state index contributed by atoms with van der Waals surface area (Å²) in [5.74, 6) is -0.493. The van der Waals surface area contributed by atoms with Crippen LogP contribution in [0.15, 0.2) is 29.8 Å². The summed E-state index contributed by atoms with van der Waals surface area (Å²) in [7, 11) is 0. The molecule has 0 aromatic carbocycles. The quantitative estimate of drug-likeness (QED) is 0.845. The zero-order valence-corrected chi connectivity index (χ0v) is 9.07. The lowest BCUT2D eigenvalue weighted by Gasteiger charge is -2.03. The Balaban J connectivity index is 2.04. The summed E-state index contributed by atoms with van der Waals surface area (Å²) in [6, 6.07) is 4.83. The normalized spacial score (nSPS) is 10.0. The monoisotopic (exact) mass is 235 g/mol. The van der Waals surface area contributed by atoms with Gasteiger partial charge >= 0.3 is 5.97 Å². The maximum absolute atomic E-state index is 10.7. The molecule has 2 heterocycles. The largest absolute Gasteiger partial charge is 0.477 e. The molecule has 0 fully saturated rings. The van der Waals surface area contributed by atoms with Crippen LogP contribution in [0.5, 0.6) is 0 Å². The Kier molecular flexibility index (Phi) is 3.11. The Morgan fingerprint density at radius 3 is 3.06 bits per heavy atom. The third-order valence-electron chi connectivity index (χ3n) is 1.87. The lowest BCUT2D eigenvalue weighted by atomic mass is 10.3. The highest BCUT2D eigenvalue weighted by Crippen LogP contribution is 2.09. The Morgan fingerprint density at radius 1 is 1.50 bits per heavy atom. The molecule has 16 heavy (non-hydrogen) atoms. The van der Waals surface area contributed by atoms with Crippen LogP contribution >= 0.6 is 11.3 Å². The van der Waals surface area contributed by atoms with Crippen LogP contribution in [0.3, 0.4) is 0 Å². The van der Waals surface area contributed by atoms with Gasteiger partial charge in [0, 0.05) is 11.6 Å². The number of pyridine rings is 1. The predicted molar refractivity (Wildman–Crippen MR) is 60.6 cm³/mol. The molecule has 0 unspecified atom stereocenters. The fourth-order valence-electron chi connectivity index (χ4n) is 1.16. The van der Waals surface area contributed by atoms with E-state index < -0.39 is 5.97 Å². The minimum absolute atomic E-state index is 0.0316. The van der Waals surface area contributed by atoms with Gasteiger partial charge in [0.25, 0.3) is 0 Å². The van der Waals surface area contributed by atoms with Crippen LogP contribution in [0.2, 0.25) is 0 Å². The van der Waals surface area contributed by atoms with Crippen LogP contribution in [-0.2, 0) is 6.54 Å². The van der Waals surface area contributed by atoms with Crippen molar-refractivity contribution in [3.63, 3.8) is 0 Å². The van der Waals surface area contributed by atoms with E-state index in [1.807, 2.05) is 5.38 Å². The van der Waals surface area contributed by atoms with E-state index in [9.17, 15) is 4.79 Å². The highest BCUT2D eigenvalue weighted by Gasteiger charge is 2.04. The first kappa shape index (κ1) is 10.6. The number of carboxylic acids is 1. The zero-order valence-electron chi connectivity index (χ0n) is 8.25. The lowest BCUT2D eigenvalue weighted by molar-refractivity contribution is 0.0690. The molecule has 5 nitrogen and oxygen atoms in total. The summed E-state index contributed by atoms with van der Waals surface area (Å²) in [4.78, 5) is 18.7. The number of hydrogen-bond donors (Lipinski definition) is 2. The molecule has 0 saturated carbocycles. The van der Waals surface area contributed by atoms with Gasteiger partial charge in [0.15, 0.2) is 5.69 Å². The van der Waals surface area contributed by atoms with Crippen molar-refractivity contribution in [2.75, 3.05) is 5.32 Å². The molecule has 0 spiro atoms. The van der Waals surface area contributed by atoms with Crippen molar-refractivity contribution < 1.29 is 9.90 Å². The van der Waals surface area contributed by atoms with E-state index in [-0.39, 0.29) is 5.69 Å². The van der Waals surface area contributed by atoms with Crippen molar-refractivity contribution in [1.29, 1.82) is 0 Å². The first-order chi connectivity index (χ1) is 7.75. The van der Waals surface area contributed by atoms with Gasteiger partial charge in [0.1, 0.15) is 10.8 Å². The number of thiazole rings is 1. The number of carbonyl (C=O) groups is 1. The Hall–Kier alpha value is -1.95. The molecule has 2 N–H and O–H groups in total. The molecule has 82 valence electrons. The van der Waals surface area contributed by atoms with E-state index in [4.69, 9.17) is 5.11 Å². The first-order valence-electron chi connectivity index (χ1n) is 4.58. The van der Waals surface area contributed by atoms with Gasteiger partial charge in [0.2, 0.25) is 0 Å². The van der Waals surface area contributed by atoms with Crippen LogP contribution in [-0.4, -0.2) is 21.0 Å². The summed E-state index contributed by atoms with van der Waals surface area (Å²) in [5, 5.41) is 14.6. The molecule has 0 saturated heterocycles. The topological polar surface area (TPSA) is 75.1 Å². The second-order valence-corrected chi connectivity index (χ2v) is 3.97. The van der Waals surface area contributed by atoms with Crippen molar-refractivity contribution >= 4 is 23.1 Å². The van der Waals surface area contributed by atoms with Crippen molar-refractivity contribution in [2.24, 2.45) is 0 Å². The minimum Gasteiger partial charge on any atom is -0.477 e. The van der Waals surface area contributed by atoms with Crippen molar-refractivity contribution in [3.8, 4) is 0 Å². The summed E-state index contributed by atoms with van der Waals surface area (Å²) < 4.78 is 0. The van der Waals surface area contributed by atoms with Gasteiger partial charge in [-0.15, -0.1) is 11.3 Å². The van der Waals surface area contributed by atoms with Crippen LogP contribution in [0, 0.1) is 0 Å². The van der Waals surface area contributed by atoms with Crippen LogP contribution in [0.25, 0.3) is 0 Å². The molecule has 0 aliphatic rings. The van der Waals surface area contributed by atoms with Crippen molar-refractivity contribution in [1.82, 2.24) is 9.97 Å².